The lowest BCUT2D eigenvalue weighted by Crippen LogP contribution is -2.16. The number of sulfonamides is 1. The number of nitrogens with two attached hydrogens (primary N) is 1. The van der Waals surface area contributed by atoms with Crippen LogP contribution >= 0.6 is 0 Å². The molecule has 0 unspecified atom stereocenters. The average Bonchev–Trinajstić information content (AvgIpc) is 3.26. The molecule has 5 aromatic rings. The first-order valence-electron chi connectivity index (χ1n) is 11.8. The number of carbonyl (C=O) groups is 1. The molecular formula is C27H24N6O4S. The smallest absolute Gasteiger partial charge is 0.269 e. The van der Waals surface area contributed by atoms with E-state index in [1.165, 1.54) is 16.7 Å². The number of fused-ring (bicyclic) bond motifs is 1. The number of primary amides is 1. The Morgan fingerprint density at radius 2 is 1.63 bits per heavy atom. The van der Waals surface area contributed by atoms with E-state index in [1.54, 1.807) is 60.7 Å². The van der Waals surface area contributed by atoms with Gasteiger partial charge in [-0.25, -0.2) is 28.1 Å². The van der Waals surface area contributed by atoms with Crippen molar-refractivity contribution in [1.29, 1.82) is 0 Å². The Bertz CT molecular complexity index is 1730. The van der Waals surface area contributed by atoms with Crippen molar-refractivity contribution in [2.24, 2.45) is 5.73 Å². The van der Waals surface area contributed by atoms with Gasteiger partial charge in [-0.3, -0.25) is 9.36 Å². The molecular weight excluding hydrogens is 504 g/mol. The van der Waals surface area contributed by atoms with Crippen molar-refractivity contribution < 1.29 is 17.9 Å². The van der Waals surface area contributed by atoms with Crippen molar-refractivity contribution in [2.45, 2.75) is 18.7 Å². The second kappa shape index (κ2) is 9.94. The molecule has 3 aromatic carbocycles. The molecule has 1 amide bonds. The number of carbonyl (C=O) groups excluding carboxylic acids is 1. The minimum absolute atomic E-state index is 0.0612. The predicted molar refractivity (Wildman–Crippen MR) is 144 cm³/mol. The maximum absolute atomic E-state index is 13.3. The summed E-state index contributed by atoms with van der Waals surface area (Å²) in [6.07, 6.45) is 0. The molecule has 11 heteroatoms. The van der Waals surface area contributed by atoms with Gasteiger partial charge < -0.3 is 10.5 Å². The highest BCUT2D eigenvalue weighted by molar-refractivity contribution is 7.92. The first-order chi connectivity index (χ1) is 18.3. The summed E-state index contributed by atoms with van der Waals surface area (Å²) in [5, 5.41) is 0. The van der Waals surface area contributed by atoms with Crippen molar-refractivity contribution in [2.75, 3.05) is 11.3 Å². The van der Waals surface area contributed by atoms with Gasteiger partial charge in [0.25, 0.3) is 15.9 Å². The van der Waals surface area contributed by atoms with Crippen LogP contribution in [0.4, 0.5) is 5.95 Å². The van der Waals surface area contributed by atoms with Crippen LogP contribution in [0.5, 0.6) is 5.75 Å². The predicted octanol–water partition coefficient (Wildman–Crippen LogP) is 4.09. The Morgan fingerprint density at radius 3 is 2.26 bits per heavy atom. The number of benzene rings is 3. The molecule has 0 aliphatic heterocycles. The zero-order valence-corrected chi connectivity index (χ0v) is 21.4. The van der Waals surface area contributed by atoms with Crippen LogP contribution in [0.15, 0.2) is 83.8 Å². The largest absolute Gasteiger partial charge is 0.494 e. The molecule has 0 fully saturated rings. The van der Waals surface area contributed by atoms with Crippen molar-refractivity contribution >= 4 is 33.0 Å². The summed E-state index contributed by atoms with van der Waals surface area (Å²) in [5.74, 6) is 0.0107. The second-order valence-electron chi connectivity index (χ2n) is 8.41. The van der Waals surface area contributed by atoms with Crippen molar-refractivity contribution in [3.8, 4) is 22.8 Å². The summed E-state index contributed by atoms with van der Waals surface area (Å²) in [6.45, 7) is 4.27. The summed E-state index contributed by atoms with van der Waals surface area (Å²) >= 11 is 0. The van der Waals surface area contributed by atoms with Crippen molar-refractivity contribution in [1.82, 2.24) is 19.5 Å². The van der Waals surface area contributed by atoms with E-state index in [9.17, 15) is 13.2 Å². The maximum atomic E-state index is 13.3. The van der Waals surface area contributed by atoms with Crippen LogP contribution in [0.25, 0.3) is 28.2 Å². The average molecular weight is 529 g/mol. The Morgan fingerprint density at radius 1 is 0.947 bits per heavy atom. The van der Waals surface area contributed by atoms with Gasteiger partial charge in [0, 0.05) is 5.56 Å². The summed E-state index contributed by atoms with van der Waals surface area (Å²) < 4.78 is 36.1. The van der Waals surface area contributed by atoms with E-state index in [4.69, 9.17) is 10.5 Å². The number of anilines is 1. The van der Waals surface area contributed by atoms with Crippen LogP contribution in [0.2, 0.25) is 0 Å². The number of nitrogens with zero attached hydrogens (tertiary/aromatic N) is 4. The number of para-hydroxylation sites is 1. The van der Waals surface area contributed by atoms with E-state index in [-0.39, 0.29) is 33.5 Å². The molecule has 192 valence electrons. The molecule has 2 aromatic heterocycles. The van der Waals surface area contributed by atoms with Crippen LogP contribution in [0.1, 0.15) is 23.0 Å². The minimum Gasteiger partial charge on any atom is -0.494 e. The molecule has 2 heterocycles. The highest BCUT2D eigenvalue weighted by Gasteiger charge is 2.25. The molecule has 0 saturated heterocycles. The fourth-order valence-corrected chi connectivity index (χ4v) is 4.90. The highest BCUT2D eigenvalue weighted by Crippen LogP contribution is 2.29. The molecule has 0 spiro atoms. The summed E-state index contributed by atoms with van der Waals surface area (Å²) in [7, 11) is -4.03. The van der Waals surface area contributed by atoms with Crippen LogP contribution in [-0.2, 0) is 10.0 Å². The van der Waals surface area contributed by atoms with Crippen molar-refractivity contribution in [3.05, 3.63) is 90.1 Å². The van der Waals surface area contributed by atoms with E-state index in [2.05, 4.69) is 19.7 Å². The van der Waals surface area contributed by atoms with Gasteiger partial charge in [-0.1, -0.05) is 35.9 Å². The van der Waals surface area contributed by atoms with E-state index < -0.39 is 15.9 Å². The topological polar surface area (TPSA) is 142 Å². The Labute approximate surface area is 219 Å². The summed E-state index contributed by atoms with van der Waals surface area (Å²) in [5.41, 5.74) is 7.93. The van der Waals surface area contributed by atoms with Crippen LogP contribution in [0, 0.1) is 6.92 Å². The third kappa shape index (κ3) is 4.78. The lowest BCUT2D eigenvalue weighted by Gasteiger charge is -2.12. The Hall–Kier alpha value is -4.77. The number of hydrogen-bond acceptors (Lipinski definition) is 7. The molecule has 0 saturated carbocycles. The van der Waals surface area contributed by atoms with Gasteiger partial charge >= 0.3 is 0 Å². The molecule has 5 rings (SSSR count). The van der Waals surface area contributed by atoms with Gasteiger partial charge in [-0.05, 0) is 62.4 Å². The zero-order chi connectivity index (χ0) is 26.9. The number of ether oxygens (including phenoxy) is 1. The van der Waals surface area contributed by atoms with Crippen LogP contribution in [-0.4, -0.2) is 40.5 Å². The van der Waals surface area contributed by atoms with Gasteiger partial charge in [-0.2, -0.15) is 0 Å². The van der Waals surface area contributed by atoms with Gasteiger partial charge in [0.15, 0.2) is 17.2 Å². The number of aromatic nitrogens is 4. The summed E-state index contributed by atoms with van der Waals surface area (Å²) in [6, 6.07) is 22.4. The van der Waals surface area contributed by atoms with Crippen molar-refractivity contribution in [3.63, 3.8) is 0 Å². The quantitative estimate of drug-likeness (QED) is 0.309. The number of rotatable bonds is 8. The van der Waals surface area contributed by atoms with Gasteiger partial charge in [-0.15, -0.1) is 0 Å². The molecule has 3 N–H and O–H groups in total. The third-order valence-corrected chi connectivity index (χ3v) is 7.08. The Balaban J connectivity index is 1.72. The highest BCUT2D eigenvalue weighted by atomic mass is 32.2. The standard InChI is InChI=1S/C27H24N6O4S/c1-3-37-20-13-11-18(12-14-20)25-29-22(24(28)34)23-26(31-25)33(19-7-5-4-6-8-19)27(30-23)32-38(35,36)21-15-9-17(2)10-16-21/h4-16H,3H2,1-2H3,(H2,28,34)(H,30,32). The molecule has 0 atom stereocenters. The van der Waals surface area contributed by atoms with Gasteiger partial charge in [0.05, 0.1) is 17.2 Å². The lowest BCUT2D eigenvalue weighted by atomic mass is 10.2. The third-order valence-electron chi connectivity index (χ3n) is 5.74. The van der Waals surface area contributed by atoms with Crippen LogP contribution in [0.3, 0.4) is 0 Å². The molecule has 0 aliphatic carbocycles. The molecule has 0 radical (unpaired) electrons. The SMILES string of the molecule is CCOc1ccc(-c2nc(C(N)=O)c3nc(NS(=O)(=O)c4ccc(C)cc4)n(-c4ccccc4)c3n2)cc1. The fourth-order valence-electron chi connectivity index (χ4n) is 3.91. The fraction of sp³-hybridized carbons (Fsp3) is 0.111. The number of nitrogens with one attached hydrogen (secondary N) is 1. The number of hydrogen-bond donors (Lipinski definition) is 2. The normalized spacial score (nSPS) is 11.4. The van der Waals surface area contributed by atoms with E-state index >= 15 is 0 Å². The monoisotopic (exact) mass is 528 g/mol. The van der Waals surface area contributed by atoms with E-state index in [0.29, 0.717) is 23.6 Å². The molecule has 0 aliphatic rings. The van der Waals surface area contributed by atoms with Gasteiger partial charge in [0.1, 0.15) is 11.3 Å². The zero-order valence-electron chi connectivity index (χ0n) is 20.6. The van der Waals surface area contributed by atoms with E-state index in [0.717, 1.165) is 5.56 Å². The van der Waals surface area contributed by atoms with Crippen LogP contribution < -0.4 is 15.2 Å². The first-order valence-corrected chi connectivity index (χ1v) is 13.2. The molecule has 10 nitrogen and oxygen atoms in total. The summed E-state index contributed by atoms with van der Waals surface area (Å²) in [4.78, 5) is 26.0. The van der Waals surface area contributed by atoms with E-state index in [1.807, 2.05) is 19.9 Å². The second-order valence-corrected chi connectivity index (χ2v) is 10.1. The maximum Gasteiger partial charge on any atom is 0.269 e. The number of aryl methyl sites for hydroxylation is 1. The van der Waals surface area contributed by atoms with Gasteiger partial charge in [0.2, 0.25) is 5.95 Å². The number of amides is 1. The molecule has 38 heavy (non-hydrogen) atoms. The molecule has 0 bridgehead atoms. The first kappa shape index (κ1) is 24.9. The number of imidazole rings is 1. The minimum atomic E-state index is -4.03. The Kier molecular flexibility index (Phi) is 6.52. The lowest BCUT2D eigenvalue weighted by molar-refractivity contribution is 0.0997.